The van der Waals surface area contributed by atoms with Gasteiger partial charge >= 0.3 is 12.1 Å². The van der Waals surface area contributed by atoms with Crippen LogP contribution in [0.2, 0.25) is 0 Å². The van der Waals surface area contributed by atoms with E-state index in [9.17, 15) is 18.0 Å². The first-order valence-corrected chi connectivity index (χ1v) is 14.2. The van der Waals surface area contributed by atoms with Crippen molar-refractivity contribution in [1.29, 1.82) is 0 Å². The first-order valence-electron chi connectivity index (χ1n) is 14.2. The number of fused-ring (bicyclic) bond motifs is 1. The van der Waals surface area contributed by atoms with Crippen molar-refractivity contribution in [2.75, 3.05) is 32.7 Å². The molecule has 1 N–H and O–H groups in total. The normalized spacial score (nSPS) is 20.3. The van der Waals surface area contributed by atoms with Crippen molar-refractivity contribution in [3.8, 4) is 11.5 Å². The van der Waals surface area contributed by atoms with Crippen molar-refractivity contribution in [3.63, 3.8) is 0 Å². The summed E-state index contributed by atoms with van der Waals surface area (Å²) < 4.78 is 83.7. The Kier molecular flexibility index (Phi) is 7.80. The van der Waals surface area contributed by atoms with Gasteiger partial charge in [0.25, 0.3) is 0 Å². The Bertz CT molecular complexity index is 1460. The van der Waals surface area contributed by atoms with Gasteiger partial charge in [-0.3, -0.25) is 14.6 Å². The molecule has 3 aromatic rings. The Hall–Kier alpha value is -3.70. The lowest BCUT2D eigenvalue weighted by Crippen LogP contribution is -2.65. The molecule has 6 nitrogen and oxygen atoms in total. The summed E-state index contributed by atoms with van der Waals surface area (Å²) in [5.74, 6) is -2.35. The lowest BCUT2D eigenvalue weighted by molar-refractivity contribution is -0.151. The molecule has 11 heteroatoms. The molecule has 2 fully saturated rings. The molecule has 3 aromatic carbocycles. The number of ether oxygens (including phenoxy) is 2. The van der Waals surface area contributed by atoms with Gasteiger partial charge in [0.15, 0.2) is 0 Å². The fourth-order valence-electron chi connectivity index (χ4n) is 6.76. The third-order valence-corrected chi connectivity index (χ3v) is 8.50. The Morgan fingerprint density at radius 1 is 0.977 bits per heavy atom. The van der Waals surface area contributed by atoms with Crippen molar-refractivity contribution < 1.29 is 41.3 Å². The zero-order chi connectivity index (χ0) is 30.4. The van der Waals surface area contributed by atoms with Crippen LogP contribution in [0.15, 0.2) is 60.7 Å². The van der Waals surface area contributed by atoms with Gasteiger partial charge in [0.2, 0.25) is 0 Å². The van der Waals surface area contributed by atoms with Crippen molar-refractivity contribution in [2.24, 2.45) is 5.41 Å². The highest BCUT2D eigenvalue weighted by molar-refractivity contribution is 5.69. The predicted molar refractivity (Wildman–Crippen MR) is 147 cm³/mol. The number of likely N-dealkylation sites (tertiary alicyclic amines) is 1. The number of alkyl halides is 3. The summed E-state index contributed by atoms with van der Waals surface area (Å²) in [6.45, 7) is 0.189. The predicted octanol–water partition coefficient (Wildman–Crippen LogP) is 5.98. The van der Waals surface area contributed by atoms with E-state index in [4.69, 9.17) is 14.6 Å². The minimum absolute atomic E-state index is 0.0246. The van der Waals surface area contributed by atoms with Crippen LogP contribution in [0.1, 0.15) is 41.1 Å². The van der Waals surface area contributed by atoms with Crippen LogP contribution in [0, 0.1) is 17.0 Å². The number of carbonyl (C=O) groups is 1. The van der Waals surface area contributed by atoms with E-state index < -0.39 is 41.9 Å². The van der Waals surface area contributed by atoms with Gasteiger partial charge in [0, 0.05) is 42.7 Å². The van der Waals surface area contributed by atoms with E-state index in [-0.39, 0.29) is 36.8 Å². The van der Waals surface area contributed by atoms with Crippen LogP contribution in [-0.2, 0) is 17.8 Å². The summed E-state index contributed by atoms with van der Waals surface area (Å²) >= 11 is 0. The molecule has 1 saturated carbocycles. The lowest BCUT2D eigenvalue weighted by atomic mass is 9.62. The molecular weight excluding hydrogens is 571 g/mol. The van der Waals surface area contributed by atoms with Gasteiger partial charge in [-0.1, -0.05) is 36.4 Å². The number of hydrogen-bond donors (Lipinski definition) is 1. The maximum atomic E-state index is 15.6. The molecule has 0 amide bonds. The highest BCUT2D eigenvalue weighted by Crippen LogP contribution is 2.50. The Morgan fingerprint density at radius 2 is 1.67 bits per heavy atom. The zero-order valence-electron chi connectivity index (χ0n) is 23.2. The fraction of sp³-hybridized carbons (Fsp3) is 0.406. The van der Waals surface area contributed by atoms with Crippen molar-refractivity contribution >= 4 is 5.97 Å². The first kappa shape index (κ1) is 29.4. The number of hydrogen-bond acceptors (Lipinski definition) is 5. The number of carboxylic acid groups (broad SMARTS) is 1. The van der Waals surface area contributed by atoms with E-state index in [0.29, 0.717) is 49.4 Å². The van der Waals surface area contributed by atoms with E-state index >= 15 is 8.78 Å². The van der Waals surface area contributed by atoms with Gasteiger partial charge in [-0.15, -0.1) is 0 Å². The molecular formula is C32H31F5N2O4. The second kappa shape index (κ2) is 11.4. The molecule has 228 valence electrons. The lowest BCUT2D eigenvalue weighted by Gasteiger charge is -2.58. The maximum absolute atomic E-state index is 15.6. The molecule has 2 heterocycles. The highest BCUT2D eigenvalue weighted by atomic mass is 19.4. The van der Waals surface area contributed by atoms with Crippen LogP contribution in [0.25, 0.3) is 0 Å². The fourth-order valence-corrected chi connectivity index (χ4v) is 6.76. The second-order valence-corrected chi connectivity index (χ2v) is 11.9. The van der Waals surface area contributed by atoms with Gasteiger partial charge in [0.1, 0.15) is 29.7 Å². The number of halogens is 5. The average Bonchev–Trinajstić information content (AvgIpc) is 2.89. The largest absolute Gasteiger partial charge is 0.490 e. The molecule has 3 aliphatic rings. The minimum atomic E-state index is -4.56. The number of benzene rings is 3. The van der Waals surface area contributed by atoms with E-state index in [2.05, 4.69) is 0 Å². The molecule has 0 aromatic heterocycles. The smallest absolute Gasteiger partial charge is 0.401 e. The van der Waals surface area contributed by atoms with Gasteiger partial charge in [-0.25, -0.2) is 8.78 Å². The van der Waals surface area contributed by atoms with Crippen molar-refractivity contribution in [1.82, 2.24) is 9.80 Å². The maximum Gasteiger partial charge on any atom is 0.401 e. The first-order chi connectivity index (χ1) is 20.5. The molecule has 1 saturated heterocycles. The molecule has 1 atom stereocenters. The van der Waals surface area contributed by atoms with Gasteiger partial charge in [-0.05, 0) is 48.1 Å². The topological polar surface area (TPSA) is 62.2 Å². The van der Waals surface area contributed by atoms with Crippen LogP contribution < -0.4 is 9.47 Å². The number of aliphatic carboxylic acids is 1. The Balaban J connectivity index is 1.20. The average molecular weight is 603 g/mol. The molecule has 1 spiro atoms. The molecule has 0 radical (unpaired) electrons. The van der Waals surface area contributed by atoms with Crippen LogP contribution in [0.5, 0.6) is 11.5 Å². The third-order valence-electron chi connectivity index (χ3n) is 8.50. The van der Waals surface area contributed by atoms with Crippen molar-refractivity contribution in [2.45, 2.75) is 44.2 Å². The van der Waals surface area contributed by atoms with Crippen LogP contribution in [-0.4, -0.2) is 65.9 Å². The van der Waals surface area contributed by atoms with Crippen LogP contribution in [0.3, 0.4) is 0 Å². The number of rotatable bonds is 9. The molecule has 1 unspecified atom stereocenters. The van der Waals surface area contributed by atoms with E-state index in [0.717, 1.165) is 22.6 Å². The molecule has 2 aliphatic heterocycles. The monoisotopic (exact) mass is 602 g/mol. The molecule has 6 rings (SSSR count). The van der Waals surface area contributed by atoms with Crippen LogP contribution in [0.4, 0.5) is 22.0 Å². The van der Waals surface area contributed by atoms with E-state index in [1.54, 1.807) is 18.2 Å². The quantitative estimate of drug-likeness (QED) is 0.304. The Morgan fingerprint density at radius 3 is 2.33 bits per heavy atom. The highest BCUT2D eigenvalue weighted by Gasteiger charge is 2.53. The Labute approximate surface area is 245 Å². The SMILES string of the molecule is O=C(O)CN1CC2(CC(Oc3cc(F)c(C4c5ccc(OCc6ccccc6)cc5CCN4CC(F)(F)F)c(F)c3)C2)C1. The summed E-state index contributed by atoms with van der Waals surface area (Å²) in [5.41, 5.74) is 1.52. The van der Waals surface area contributed by atoms with Gasteiger partial charge < -0.3 is 14.6 Å². The second-order valence-electron chi connectivity index (χ2n) is 11.9. The van der Waals surface area contributed by atoms with Crippen LogP contribution >= 0.6 is 0 Å². The molecule has 0 bridgehead atoms. The minimum Gasteiger partial charge on any atom is -0.490 e. The third kappa shape index (κ3) is 6.47. The van der Waals surface area contributed by atoms with Crippen molar-refractivity contribution in [3.05, 3.63) is 94.6 Å². The summed E-state index contributed by atoms with van der Waals surface area (Å²) in [6.07, 6.45) is -3.30. The van der Waals surface area contributed by atoms with Gasteiger partial charge in [0.05, 0.1) is 25.2 Å². The number of carboxylic acids is 1. The summed E-state index contributed by atoms with van der Waals surface area (Å²) in [6, 6.07) is 15.2. The van der Waals surface area contributed by atoms with E-state index in [1.165, 1.54) is 0 Å². The van der Waals surface area contributed by atoms with E-state index in [1.807, 2.05) is 35.2 Å². The summed E-state index contributed by atoms with van der Waals surface area (Å²) in [7, 11) is 0. The molecule has 43 heavy (non-hydrogen) atoms. The standard InChI is InChI=1S/C32H31F5N2O4/c33-26-11-23(43-24-13-31(14-24)17-38(18-31)15-28(40)41)12-27(34)29(26)30-25-7-6-22(42-16-20-4-2-1-3-5-20)10-21(25)8-9-39(30)19-32(35,36)37/h1-7,10-12,24,30H,8-9,13-19H2,(H,40,41). The van der Waals surface area contributed by atoms with Gasteiger partial charge in [-0.2, -0.15) is 13.2 Å². The number of nitrogens with zero attached hydrogens (tertiary/aromatic N) is 2. The zero-order valence-corrected chi connectivity index (χ0v) is 23.2. The summed E-state index contributed by atoms with van der Waals surface area (Å²) in [4.78, 5) is 13.8. The summed E-state index contributed by atoms with van der Waals surface area (Å²) in [5, 5.41) is 8.92. The molecule has 1 aliphatic carbocycles.